The van der Waals surface area contributed by atoms with Crippen molar-refractivity contribution in [1.82, 2.24) is 62.8 Å². The van der Waals surface area contributed by atoms with Crippen LogP contribution in [0.4, 0.5) is 57.4 Å². The van der Waals surface area contributed by atoms with Gasteiger partial charge in [-0.25, -0.2) is 58.0 Å². The molecule has 15 rings (SSSR count). The highest BCUT2D eigenvalue weighted by Gasteiger charge is 2.34. The van der Waals surface area contributed by atoms with Gasteiger partial charge in [-0.05, 0) is 152 Å². The number of nitrogens with zero attached hydrogens (tertiary/aromatic N) is 12. The summed E-state index contributed by atoms with van der Waals surface area (Å²) in [5.41, 5.74) is 16.1. The predicted octanol–water partition coefficient (Wildman–Crippen LogP) is 19.0. The van der Waals surface area contributed by atoms with Crippen molar-refractivity contribution in [2.45, 2.75) is 83.9 Å². The molecule has 19 nitrogen and oxygen atoms in total. The summed E-state index contributed by atoms with van der Waals surface area (Å²) in [5, 5.41) is 9.88. The van der Waals surface area contributed by atoms with E-state index in [4.69, 9.17) is 20.7 Å². The van der Waals surface area contributed by atoms with E-state index < -0.39 is 45.2 Å². The van der Waals surface area contributed by atoms with E-state index in [9.17, 15) is 47.9 Å². The minimum atomic E-state index is -4.53. The lowest BCUT2D eigenvalue weighted by Gasteiger charge is -2.15. The van der Waals surface area contributed by atoms with E-state index in [1.807, 2.05) is 158 Å². The third kappa shape index (κ3) is 18.2. The second-order valence-electron chi connectivity index (χ2n) is 26.2. The van der Waals surface area contributed by atoms with Gasteiger partial charge in [0.1, 0.15) is 16.9 Å². The SMILES string of the molecule is CCc1ccn2c(-c3ccnc(N[C@@H](C)c4ccccc4)n3)c(-c3cccc(C(F)(F)F)c3)nc2c1.C[C@H](Nc1nccc(-c2c(-c3cccc(C(F)(F)F)c3)nc3cc(CN)ccn23)n1)c1ccccc1.C[C@H](Nc1nccc(-c2c(-c3cccc(C(F)(F)F)c3)nc3cc(CNS(C)(=O)=O)ccn23)n1)c1ccccc1. The Morgan fingerprint density at radius 2 is 0.705 bits per heavy atom. The van der Waals surface area contributed by atoms with Gasteiger partial charge >= 0.3 is 18.5 Å². The van der Waals surface area contributed by atoms with Crippen molar-refractivity contribution in [3.05, 3.63) is 306 Å². The van der Waals surface area contributed by atoms with E-state index in [1.54, 1.807) is 83.9 Å². The van der Waals surface area contributed by atoms with Crippen LogP contribution in [0.1, 0.15) is 95.9 Å². The average Bonchev–Trinajstić information content (AvgIpc) is 1.61. The van der Waals surface area contributed by atoms with Crippen LogP contribution >= 0.6 is 0 Å². The fourth-order valence-corrected chi connectivity index (χ4v) is 13.0. The maximum absolute atomic E-state index is 13.5. The molecule has 0 saturated heterocycles. The zero-order chi connectivity index (χ0) is 79.1. The second kappa shape index (κ2) is 32.8. The van der Waals surface area contributed by atoms with Gasteiger partial charge in [-0.15, -0.1) is 0 Å². The van der Waals surface area contributed by atoms with Crippen LogP contribution in [-0.2, 0) is 48.1 Å². The number of halogens is 9. The standard InChI is InChI=1S/C28H25F3N6O2S.C28H24F3N5.C27H23F3N6/c1-18(20-7-4-3-5-8-20)34-27-32-13-11-23(35-27)26-25(21-9-6-10-22(16-21)28(29,30)31)36-24-15-19(12-14-37(24)26)17-33-40(2,38)39;1-3-19-13-15-36-24(16-19)35-25(21-10-7-11-22(17-21)28(29,30)31)26(36)23-12-14-32-27(34-23)33-18(2)20-8-5-4-6-9-20;1-17(19-6-3-2-4-7-19)33-26-32-12-10-22(34-26)25-24(20-8-5-9-21(15-20)27(28,29)30)35-23-14-18(16-31)11-13-36(23)25/h3-16,18,33H,17H2,1-2H3,(H,32,34,35);4-18H,3H2,1-2H3,(H,32,33,34);2-15,17H,16,31H2,1H3,(H,32,33,34)/t2*18-;17-/m000/s1. The van der Waals surface area contributed by atoms with Gasteiger partial charge in [0.25, 0.3) is 0 Å². The largest absolute Gasteiger partial charge is 0.416 e. The van der Waals surface area contributed by atoms with E-state index >= 15 is 0 Å². The van der Waals surface area contributed by atoms with Crippen LogP contribution in [-0.4, -0.2) is 72.7 Å². The Bertz CT molecular complexity index is 5710. The quantitative estimate of drug-likeness (QED) is 0.0446. The maximum atomic E-state index is 13.5. The van der Waals surface area contributed by atoms with Gasteiger partial charge in [0.2, 0.25) is 27.9 Å². The van der Waals surface area contributed by atoms with E-state index in [-0.39, 0.29) is 30.2 Å². The Morgan fingerprint density at radius 1 is 0.393 bits per heavy atom. The van der Waals surface area contributed by atoms with Crippen LogP contribution in [0.3, 0.4) is 0 Å². The van der Waals surface area contributed by atoms with E-state index in [0.717, 1.165) is 76.9 Å². The number of anilines is 3. The highest BCUT2D eigenvalue weighted by atomic mass is 32.2. The number of hydrogen-bond acceptors (Lipinski definition) is 15. The summed E-state index contributed by atoms with van der Waals surface area (Å²) in [6, 6.07) is 60.8. The van der Waals surface area contributed by atoms with Gasteiger partial charge in [-0.3, -0.25) is 13.2 Å². The van der Waals surface area contributed by atoms with Crippen LogP contribution < -0.4 is 26.4 Å². The monoisotopic (exact) mass is 1540 g/mol. The molecule has 0 unspecified atom stereocenters. The number of nitrogens with one attached hydrogen (secondary N) is 4. The number of benzene rings is 6. The van der Waals surface area contributed by atoms with Crippen molar-refractivity contribution in [2.75, 3.05) is 22.2 Å². The van der Waals surface area contributed by atoms with Crippen molar-refractivity contribution >= 4 is 44.8 Å². The number of hydrogen-bond donors (Lipinski definition) is 5. The number of pyridine rings is 3. The molecule has 3 atom stereocenters. The molecule has 6 N–H and O–H groups in total. The molecule has 570 valence electrons. The van der Waals surface area contributed by atoms with Crippen LogP contribution in [0, 0.1) is 0 Å². The summed E-state index contributed by atoms with van der Waals surface area (Å²) in [6.07, 6.45) is -1.37. The smallest absolute Gasteiger partial charge is 0.348 e. The molecule has 0 aliphatic heterocycles. The molecule has 0 fully saturated rings. The van der Waals surface area contributed by atoms with E-state index in [0.29, 0.717) is 109 Å². The van der Waals surface area contributed by atoms with Crippen molar-refractivity contribution in [3.8, 4) is 67.9 Å². The van der Waals surface area contributed by atoms with Crippen molar-refractivity contribution in [3.63, 3.8) is 0 Å². The molecule has 0 radical (unpaired) electrons. The fraction of sp³-hybridized carbons (Fsp3) is 0.169. The molecule has 15 aromatic rings. The van der Waals surface area contributed by atoms with Crippen molar-refractivity contribution in [2.24, 2.45) is 5.73 Å². The highest BCUT2D eigenvalue weighted by molar-refractivity contribution is 7.88. The first kappa shape index (κ1) is 77.4. The Labute approximate surface area is 637 Å². The summed E-state index contributed by atoms with van der Waals surface area (Å²) < 4.78 is 152. The number of fused-ring (bicyclic) bond motifs is 3. The maximum Gasteiger partial charge on any atom is 0.416 e. The normalized spacial score (nSPS) is 12.7. The van der Waals surface area contributed by atoms with Gasteiger partial charge in [0.15, 0.2) is 0 Å². The lowest BCUT2D eigenvalue weighted by molar-refractivity contribution is -0.138. The first-order valence-corrected chi connectivity index (χ1v) is 37.2. The molecule has 0 bridgehead atoms. The first-order valence-electron chi connectivity index (χ1n) is 35.3. The third-order valence-corrected chi connectivity index (χ3v) is 18.9. The highest BCUT2D eigenvalue weighted by Crippen LogP contribution is 2.41. The molecule has 0 aliphatic carbocycles. The number of alkyl halides is 9. The van der Waals surface area contributed by atoms with Crippen LogP contribution in [0.25, 0.3) is 84.9 Å². The minimum absolute atomic E-state index is 0.0371. The molecule has 0 aliphatic rings. The molecule has 29 heteroatoms. The second-order valence-corrected chi connectivity index (χ2v) is 28.1. The number of aromatic nitrogens is 12. The topological polar surface area (TPSA) is 238 Å². The van der Waals surface area contributed by atoms with E-state index in [2.05, 4.69) is 50.6 Å². The molecule has 9 aromatic heterocycles. The van der Waals surface area contributed by atoms with Crippen LogP contribution in [0.15, 0.2) is 256 Å². The molecular formula is C83H72F9N17O2S. The summed E-state index contributed by atoms with van der Waals surface area (Å²) in [5.74, 6) is 1.15. The van der Waals surface area contributed by atoms with Crippen LogP contribution in [0.2, 0.25) is 0 Å². The molecule has 112 heavy (non-hydrogen) atoms. The first-order chi connectivity index (χ1) is 53.6. The summed E-state index contributed by atoms with van der Waals surface area (Å²) >= 11 is 0. The number of nitrogens with two attached hydrogens (primary N) is 1. The van der Waals surface area contributed by atoms with Crippen molar-refractivity contribution < 1.29 is 47.9 Å². The Hall–Kier alpha value is -12.7. The zero-order valence-electron chi connectivity index (χ0n) is 60.7. The molecule has 6 aromatic carbocycles. The summed E-state index contributed by atoms with van der Waals surface area (Å²) in [7, 11) is -3.43. The van der Waals surface area contributed by atoms with Crippen LogP contribution in [0.5, 0.6) is 0 Å². The molecular weight excluding hydrogens is 1470 g/mol. The Kier molecular flexibility index (Phi) is 22.7. The summed E-state index contributed by atoms with van der Waals surface area (Å²) in [6.45, 7) is 8.38. The van der Waals surface area contributed by atoms with Gasteiger partial charge in [0.05, 0.1) is 92.3 Å². The minimum Gasteiger partial charge on any atom is -0.348 e. The fourth-order valence-electron chi connectivity index (χ4n) is 12.5. The molecule has 0 saturated carbocycles. The van der Waals surface area contributed by atoms with Gasteiger partial charge in [-0.2, -0.15) is 39.5 Å². The molecule has 9 heterocycles. The number of aryl methyl sites for hydroxylation is 1. The summed E-state index contributed by atoms with van der Waals surface area (Å²) in [4.78, 5) is 41.3. The number of imidazole rings is 3. The van der Waals surface area contributed by atoms with Gasteiger partial charge in [0, 0.05) is 67.0 Å². The lowest BCUT2D eigenvalue weighted by Crippen LogP contribution is -2.21. The van der Waals surface area contributed by atoms with Gasteiger partial charge in [-0.1, -0.05) is 134 Å². The number of rotatable bonds is 20. The predicted molar refractivity (Wildman–Crippen MR) is 414 cm³/mol. The molecule has 0 amide bonds. The third-order valence-electron chi connectivity index (χ3n) is 18.3. The average molecular weight is 1540 g/mol. The Morgan fingerprint density at radius 3 is 1.02 bits per heavy atom. The van der Waals surface area contributed by atoms with E-state index in [1.165, 1.54) is 18.2 Å². The number of sulfonamides is 1. The Balaban J connectivity index is 0.000000147. The van der Waals surface area contributed by atoms with Crippen molar-refractivity contribution in [1.29, 1.82) is 0 Å². The zero-order valence-corrected chi connectivity index (χ0v) is 61.5. The lowest BCUT2D eigenvalue weighted by atomic mass is 10.0. The molecule has 0 spiro atoms. The van der Waals surface area contributed by atoms with Gasteiger partial charge < -0.3 is 21.7 Å².